The first-order valence-corrected chi connectivity index (χ1v) is 12.4. The first-order valence-electron chi connectivity index (χ1n) is 12.4. The summed E-state index contributed by atoms with van der Waals surface area (Å²) in [5.41, 5.74) is 2.24. The fourth-order valence-corrected chi connectivity index (χ4v) is 4.96. The van der Waals surface area contributed by atoms with Gasteiger partial charge in [0, 0.05) is 0 Å². The van der Waals surface area contributed by atoms with Crippen LogP contribution >= 0.6 is 0 Å². The quantitative estimate of drug-likeness (QED) is 0.132. The predicted molar refractivity (Wildman–Crippen MR) is 144 cm³/mol. The molecular weight excluding hydrogens is 520 g/mol. The normalized spacial score (nSPS) is 12.7. The summed E-state index contributed by atoms with van der Waals surface area (Å²) in [7, 11) is 0. The summed E-state index contributed by atoms with van der Waals surface area (Å²) in [6, 6.07) is 14.0. The third-order valence-corrected chi connectivity index (χ3v) is 7.05. The summed E-state index contributed by atoms with van der Waals surface area (Å²) >= 11 is 0. The lowest BCUT2D eigenvalue weighted by Crippen LogP contribution is -2.19. The summed E-state index contributed by atoms with van der Waals surface area (Å²) < 4.78 is 0. The van der Waals surface area contributed by atoms with Crippen LogP contribution in [-0.4, -0.2) is 51.1 Å². The maximum absolute atomic E-state index is 10.3. The Labute approximate surface area is 229 Å². The van der Waals surface area contributed by atoms with E-state index < -0.39 is 40.4 Å². The standard InChI is InChI=1S/C30H30O10/c31-21-5-2-15(9-23(21)33)1-3-18(7-16-10-25(35)29(39)26(36)11-16)20(19-4-6-22(32)24(34)14-19)8-17-12-27(37)30(40)28(38)13-17/h2,4-6,9-14,18,20,31-40H,1,3,7-8H2/t18-,20-/m1/s1. The molecule has 0 radical (unpaired) electrons. The maximum atomic E-state index is 10.3. The van der Waals surface area contributed by atoms with Crippen LogP contribution in [0.2, 0.25) is 0 Å². The van der Waals surface area contributed by atoms with Crippen molar-refractivity contribution in [1.29, 1.82) is 0 Å². The molecule has 2 atom stereocenters. The lowest BCUT2D eigenvalue weighted by molar-refractivity contribution is 0.358. The number of benzene rings is 4. The van der Waals surface area contributed by atoms with E-state index in [1.807, 2.05) is 0 Å². The molecule has 0 saturated carbocycles. The summed E-state index contributed by atoms with van der Waals surface area (Å²) in [4.78, 5) is 0. The largest absolute Gasteiger partial charge is 0.504 e. The van der Waals surface area contributed by atoms with Crippen molar-refractivity contribution in [3.05, 3.63) is 82.9 Å². The highest BCUT2D eigenvalue weighted by atomic mass is 16.3. The molecule has 4 aromatic carbocycles. The van der Waals surface area contributed by atoms with Gasteiger partial charge < -0.3 is 51.1 Å². The number of phenols is 10. The molecule has 10 heteroatoms. The van der Waals surface area contributed by atoms with Crippen molar-refractivity contribution in [1.82, 2.24) is 0 Å². The molecule has 0 aliphatic heterocycles. The van der Waals surface area contributed by atoms with Crippen molar-refractivity contribution >= 4 is 0 Å². The first-order chi connectivity index (χ1) is 18.9. The van der Waals surface area contributed by atoms with Gasteiger partial charge in [-0.2, -0.15) is 0 Å². The van der Waals surface area contributed by atoms with Gasteiger partial charge in [-0.3, -0.25) is 0 Å². The van der Waals surface area contributed by atoms with E-state index in [4.69, 9.17) is 0 Å². The number of hydrogen-bond donors (Lipinski definition) is 10. The average molecular weight is 551 g/mol. The van der Waals surface area contributed by atoms with Crippen molar-refractivity contribution in [2.45, 2.75) is 31.6 Å². The molecule has 0 unspecified atom stereocenters. The zero-order valence-electron chi connectivity index (χ0n) is 21.2. The Morgan fingerprint density at radius 3 is 1.38 bits per heavy atom. The molecular formula is C30H30O10. The maximum Gasteiger partial charge on any atom is 0.200 e. The monoisotopic (exact) mass is 550 g/mol. The lowest BCUT2D eigenvalue weighted by Gasteiger charge is -2.29. The highest BCUT2D eigenvalue weighted by Gasteiger charge is 2.27. The Kier molecular flexibility index (Phi) is 7.90. The van der Waals surface area contributed by atoms with E-state index in [2.05, 4.69) is 0 Å². The smallest absolute Gasteiger partial charge is 0.200 e. The van der Waals surface area contributed by atoms with Crippen LogP contribution in [0.4, 0.5) is 0 Å². The number of aromatic hydroxyl groups is 10. The number of hydrogen-bond acceptors (Lipinski definition) is 10. The number of phenolic OH excluding ortho intramolecular Hbond substituents is 10. The van der Waals surface area contributed by atoms with Crippen molar-refractivity contribution in [2.75, 3.05) is 0 Å². The molecule has 0 amide bonds. The van der Waals surface area contributed by atoms with Crippen LogP contribution in [-0.2, 0) is 19.3 Å². The van der Waals surface area contributed by atoms with Crippen molar-refractivity contribution < 1.29 is 51.1 Å². The second-order valence-electron chi connectivity index (χ2n) is 9.85. The van der Waals surface area contributed by atoms with Crippen LogP contribution in [0.25, 0.3) is 0 Å². The zero-order chi connectivity index (χ0) is 29.1. The second kappa shape index (κ2) is 11.3. The molecule has 0 aliphatic carbocycles. The highest BCUT2D eigenvalue weighted by Crippen LogP contribution is 2.43. The molecule has 0 bridgehead atoms. The molecule has 10 nitrogen and oxygen atoms in total. The third-order valence-electron chi connectivity index (χ3n) is 7.05. The average Bonchev–Trinajstić information content (AvgIpc) is 2.90. The summed E-state index contributed by atoms with van der Waals surface area (Å²) in [5, 5.41) is 99.8. The Hall–Kier alpha value is -5.12. The Bertz CT molecular complexity index is 1490. The van der Waals surface area contributed by atoms with Crippen LogP contribution < -0.4 is 0 Å². The minimum atomic E-state index is -0.665. The highest BCUT2D eigenvalue weighted by molar-refractivity contribution is 5.53. The van der Waals surface area contributed by atoms with E-state index in [1.165, 1.54) is 48.5 Å². The van der Waals surface area contributed by atoms with Gasteiger partial charge in [0.1, 0.15) is 0 Å². The number of rotatable bonds is 9. The topological polar surface area (TPSA) is 202 Å². The van der Waals surface area contributed by atoms with Crippen LogP contribution in [0.15, 0.2) is 60.7 Å². The van der Waals surface area contributed by atoms with Crippen molar-refractivity contribution in [3.8, 4) is 57.5 Å². The van der Waals surface area contributed by atoms with Gasteiger partial charge in [-0.05, 0) is 108 Å². The van der Waals surface area contributed by atoms with Gasteiger partial charge in [0.2, 0.25) is 0 Å². The summed E-state index contributed by atoms with van der Waals surface area (Å²) in [6.45, 7) is 0. The molecule has 10 N–H and O–H groups in total. The predicted octanol–water partition coefficient (Wildman–Crippen LogP) is 4.56. The molecule has 210 valence electrons. The molecule has 0 aliphatic rings. The van der Waals surface area contributed by atoms with Crippen LogP contribution in [0.1, 0.15) is 34.6 Å². The molecule has 4 aromatic rings. The van der Waals surface area contributed by atoms with Gasteiger partial charge >= 0.3 is 0 Å². The SMILES string of the molecule is Oc1ccc(CC[C@H](Cc2cc(O)c(O)c(O)c2)[C@@H](Cc2cc(O)c(O)c(O)c2)c2ccc(O)c(O)c2)cc1O. The van der Waals surface area contributed by atoms with E-state index in [0.29, 0.717) is 35.1 Å². The van der Waals surface area contributed by atoms with Gasteiger partial charge in [-0.15, -0.1) is 0 Å². The lowest BCUT2D eigenvalue weighted by atomic mass is 9.75. The van der Waals surface area contributed by atoms with Gasteiger partial charge in [-0.25, -0.2) is 0 Å². The van der Waals surface area contributed by atoms with E-state index in [9.17, 15) is 51.1 Å². The molecule has 4 rings (SSSR count). The van der Waals surface area contributed by atoms with E-state index >= 15 is 0 Å². The van der Waals surface area contributed by atoms with Gasteiger partial charge in [0.15, 0.2) is 57.5 Å². The molecule has 0 fully saturated rings. The molecule has 0 aromatic heterocycles. The van der Waals surface area contributed by atoms with Crippen molar-refractivity contribution in [2.24, 2.45) is 5.92 Å². The molecule has 40 heavy (non-hydrogen) atoms. The fourth-order valence-electron chi connectivity index (χ4n) is 4.96. The van der Waals surface area contributed by atoms with Gasteiger partial charge in [0.25, 0.3) is 0 Å². The van der Waals surface area contributed by atoms with E-state index in [0.717, 1.165) is 0 Å². The second-order valence-corrected chi connectivity index (χ2v) is 9.85. The zero-order valence-corrected chi connectivity index (χ0v) is 21.2. The van der Waals surface area contributed by atoms with Crippen molar-refractivity contribution in [3.63, 3.8) is 0 Å². The minimum absolute atomic E-state index is 0.188. The molecule has 0 saturated heterocycles. The summed E-state index contributed by atoms with van der Waals surface area (Å²) in [6.07, 6.45) is 1.29. The Balaban J connectivity index is 1.78. The first kappa shape index (κ1) is 27.9. The molecule has 0 heterocycles. The minimum Gasteiger partial charge on any atom is -0.504 e. The Morgan fingerprint density at radius 2 is 0.875 bits per heavy atom. The van der Waals surface area contributed by atoms with Crippen LogP contribution in [0.5, 0.6) is 57.5 Å². The van der Waals surface area contributed by atoms with E-state index in [1.54, 1.807) is 12.1 Å². The van der Waals surface area contributed by atoms with Gasteiger partial charge in [-0.1, -0.05) is 12.1 Å². The van der Waals surface area contributed by atoms with Crippen LogP contribution in [0, 0.1) is 5.92 Å². The Morgan fingerprint density at radius 1 is 0.425 bits per heavy atom. The van der Waals surface area contributed by atoms with E-state index in [-0.39, 0.29) is 41.8 Å². The summed E-state index contributed by atoms with van der Waals surface area (Å²) in [5.74, 6) is -5.41. The molecule has 0 spiro atoms. The van der Waals surface area contributed by atoms with Crippen LogP contribution in [0.3, 0.4) is 0 Å². The van der Waals surface area contributed by atoms with Gasteiger partial charge in [0.05, 0.1) is 0 Å². The third kappa shape index (κ3) is 6.12. The number of aryl methyl sites for hydroxylation is 1. The fraction of sp³-hybridized carbons (Fsp3) is 0.200.